The van der Waals surface area contributed by atoms with Gasteiger partial charge in [-0.1, -0.05) is 50.7 Å². The normalized spacial score (nSPS) is 10.1. The maximum Gasteiger partial charge on any atom is 0.336 e. The second-order valence-electron chi connectivity index (χ2n) is 2.82. The zero-order valence-electron chi connectivity index (χ0n) is 7.46. The number of hydrogen-bond acceptors (Lipinski definition) is 1. The molecule has 76 valence electrons. The molecular formula is C10H10BrIO2. The van der Waals surface area contributed by atoms with E-state index in [1.807, 2.05) is 6.07 Å². The van der Waals surface area contributed by atoms with Crippen molar-refractivity contribution in [3.8, 4) is 0 Å². The first-order valence-corrected chi connectivity index (χ1v) is 6.81. The van der Waals surface area contributed by atoms with Gasteiger partial charge < -0.3 is 5.11 Å². The van der Waals surface area contributed by atoms with Gasteiger partial charge in [0, 0.05) is 9.76 Å². The van der Waals surface area contributed by atoms with Gasteiger partial charge in [-0.25, -0.2) is 4.79 Å². The molecule has 0 atom stereocenters. The highest BCUT2D eigenvalue weighted by Gasteiger charge is 2.11. The van der Waals surface area contributed by atoms with Gasteiger partial charge in [0.1, 0.15) is 0 Å². The van der Waals surface area contributed by atoms with Crippen LogP contribution in [0.2, 0.25) is 0 Å². The molecule has 0 spiro atoms. The Hall–Kier alpha value is -0.100. The predicted molar refractivity (Wildman–Crippen MR) is 68.6 cm³/mol. The number of rotatable bonds is 4. The van der Waals surface area contributed by atoms with Crippen LogP contribution >= 0.6 is 38.5 Å². The molecule has 1 N–H and O–H groups in total. The molecule has 0 amide bonds. The van der Waals surface area contributed by atoms with Gasteiger partial charge >= 0.3 is 5.97 Å². The molecule has 0 aliphatic carbocycles. The lowest BCUT2D eigenvalue weighted by Gasteiger charge is -2.08. The van der Waals surface area contributed by atoms with Gasteiger partial charge in [0.15, 0.2) is 0 Å². The monoisotopic (exact) mass is 368 g/mol. The lowest BCUT2D eigenvalue weighted by molar-refractivity contribution is 0.0696. The molecule has 0 aliphatic heterocycles. The van der Waals surface area contributed by atoms with Crippen molar-refractivity contribution in [1.29, 1.82) is 0 Å². The Morgan fingerprint density at radius 3 is 2.71 bits per heavy atom. The minimum atomic E-state index is -0.852. The quantitative estimate of drug-likeness (QED) is 0.654. The molecule has 0 bridgehead atoms. The number of halogens is 2. The van der Waals surface area contributed by atoms with Crippen molar-refractivity contribution in [1.82, 2.24) is 0 Å². The first-order valence-electron chi connectivity index (χ1n) is 4.16. The maximum absolute atomic E-state index is 10.9. The van der Waals surface area contributed by atoms with Crippen molar-refractivity contribution in [3.63, 3.8) is 0 Å². The molecule has 0 saturated heterocycles. The Labute approximate surface area is 105 Å². The minimum Gasteiger partial charge on any atom is -0.478 e. The number of carbonyl (C=O) groups is 1. The molecule has 4 heteroatoms. The molecule has 0 heterocycles. The van der Waals surface area contributed by atoms with Crippen LogP contribution in [-0.2, 0) is 11.8 Å². The van der Waals surface area contributed by atoms with E-state index >= 15 is 0 Å². The first kappa shape index (κ1) is 12.0. The Balaban J connectivity index is 3.17. The number of carboxylic acid groups (broad SMARTS) is 1. The summed E-state index contributed by atoms with van der Waals surface area (Å²) in [6.07, 6.45) is 0.919. The molecule has 1 aromatic rings. The van der Waals surface area contributed by atoms with Crippen molar-refractivity contribution in [2.24, 2.45) is 0 Å². The topological polar surface area (TPSA) is 37.3 Å². The molecule has 0 saturated carbocycles. The van der Waals surface area contributed by atoms with Crippen molar-refractivity contribution in [3.05, 3.63) is 34.9 Å². The van der Waals surface area contributed by atoms with Crippen molar-refractivity contribution in [2.75, 3.05) is 4.43 Å². The standard InChI is InChI=1S/C10H10BrIO2/c11-6-9-7(4-5-12)2-1-3-8(9)10(13)14/h1-3H,4-6H2,(H,13,14). The Morgan fingerprint density at radius 1 is 1.50 bits per heavy atom. The molecule has 1 rings (SSSR count). The molecule has 0 fully saturated rings. The molecule has 1 aromatic carbocycles. The van der Waals surface area contributed by atoms with E-state index in [1.54, 1.807) is 12.1 Å². The maximum atomic E-state index is 10.9. The van der Waals surface area contributed by atoms with Crippen LogP contribution in [0.1, 0.15) is 21.5 Å². The summed E-state index contributed by atoms with van der Waals surface area (Å²) < 4.78 is 1.00. The summed E-state index contributed by atoms with van der Waals surface area (Å²) in [5.74, 6) is -0.852. The van der Waals surface area contributed by atoms with Crippen LogP contribution in [0.3, 0.4) is 0 Å². The van der Waals surface area contributed by atoms with Crippen molar-refractivity contribution < 1.29 is 9.90 Å². The Morgan fingerprint density at radius 2 is 2.21 bits per heavy atom. The summed E-state index contributed by atoms with van der Waals surface area (Å²) >= 11 is 5.62. The highest BCUT2D eigenvalue weighted by molar-refractivity contribution is 14.1. The second-order valence-corrected chi connectivity index (χ2v) is 4.46. The van der Waals surface area contributed by atoms with Crippen molar-refractivity contribution in [2.45, 2.75) is 11.8 Å². The van der Waals surface area contributed by atoms with E-state index in [1.165, 1.54) is 0 Å². The van der Waals surface area contributed by atoms with E-state index in [9.17, 15) is 4.79 Å². The van der Waals surface area contributed by atoms with Crippen LogP contribution < -0.4 is 0 Å². The van der Waals surface area contributed by atoms with Crippen LogP contribution in [0, 0.1) is 0 Å². The molecule has 14 heavy (non-hydrogen) atoms. The third-order valence-corrected chi connectivity index (χ3v) is 3.10. The number of carboxylic acids is 1. The van der Waals surface area contributed by atoms with Gasteiger partial charge in [-0.3, -0.25) is 0 Å². The fourth-order valence-corrected chi connectivity index (χ4v) is 2.57. The number of alkyl halides is 2. The summed E-state index contributed by atoms with van der Waals surface area (Å²) in [5.41, 5.74) is 2.43. The third-order valence-electron chi connectivity index (χ3n) is 2.00. The summed E-state index contributed by atoms with van der Waals surface area (Å²) in [6.45, 7) is 0. The number of hydrogen-bond donors (Lipinski definition) is 1. The summed E-state index contributed by atoms with van der Waals surface area (Å²) in [7, 11) is 0. The van der Waals surface area contributed by atoms with E-state index in [0.717, 1.165) is 22.0 Å². The van der Waals surface area contributed by atoms with Gasteiger partial charge in [-0.05, 0) is 23.6 Å². The molecular weight excluding hydrogens is 359 g/mol. The molecule has 0 radical (unpaired) electrons. The molecule has 0 unspecified atom stereocenters. The van der Waals surface area contributed by atoms with Gasteiger partial charge in [-0.15, -0.1) is 0 Å². The Bertz CT molecular complexity index is 339. The van der Waals surface area contributed by atoms with E-state index in [-0.39, 0.29) is 0 Å². The largest absolute Gasteiger partial charge is 0.478 e. The van der Waals surface area contributed by atoms with E-state index < -0.39 is 5.97 Å². The number of benzene rings is 1. The molecule has 2 nitrogen and oxygen atoms in total. The smallest absolute Gasteiger partial charge is 0.336 e. The summed E-state index contributed by atoms with van der Waals surface area (Å²) in [5, 5.41) is 9.57. The average molecular weight is 369 g/mol. The van der Waals surface area contributed by atoms with Crippen LogP contribution in [0.15, 0.2) is 18.2 Å². The second kappa shape index (κ2) is 5.70. The lowest BCUT2D eigenvalue weighted by Crippen LogP contribution is -2.04. The predicted octanol–water partition coefficient (Wildman–Crippen LogP) is 3.26. The van der Waals surface area contributed by atoms with E-state index in [2.05, 4.69) is 38.5 Å². The van der Waals surface area contributed by atoms with Gasteiger partial charge in [0.05, 0.1) is 5.56 Å². The minimum absolute atomic E-state index is 0.407. The highest BCUT2D eigenvalue weighted by Crippen LogP contribution is 2.19. The lowest BCUT2D eigenvalue weighted by atomic mass is 10.0. The fourth-order valence-electron chi connectivity index (χ4n) is 1.33. The Kier molecular flexibility index (Phi) is 4.88. The molecule has 0 aromatic heterocycles. The SMILES string of the molecule is O=C(O)c1cccc(CCI)c1CBr. The first-order chi connectivity index (χ1) is 6.70. The zero-order chi connectivity index (χ0) is 10.6. The van der Waals surface area contributed by atoms with Gasteiger partial charge in [-0.2, -0.15) is 0 Å². The number of aromatic carboxylic acids is 1. The van der Waals surface area contributed by atoms with Gasteiger partial charge in [0.25, 0.3) is 0 Å². The highest BCUT2D eigenvalue weighted by atomic mass is 127. The van der Waals surface area contributed by atoms with Crippen molar-refractivity contribution >= 4 is 44.5 Å². The van der Waals surface area contributed by atoms with E-state index in [0.29, 0.717) is 10.9 Å². The van der Waals surface area contributed by atoms with Gasteiger partial charge in [0.2, 0.25) is 0 Å². The summed E-state index contributed by atoms with van der Waals surface area (Å²) in [4.78, 5) is 10.9. The molecule has 0 aliphatic rings. The fraction of sp³-hybridized carbons (Fsp3) is 0.300. The van der Waals surface area contributed by atoms with Crippen LogP contribution in [0.25, 0.3) is 0 Å². The third kappa shape index (κ3) is 2.70. The summed E-state index contributed by atoms with van der Waals surface area (Å²) in [6, 6.07) is 5.44. The number of aryl methyl sites for hydroxylation is 1. The van der Waals surface area contributed by atoms with Crippen LogP contribution in [0.4, 0.5) is 0 Å². The average Bonchev–Trinajstić information content (AvgIpc) is 2.18. The van der Waals surface area contributed by atoms with Crippen LogP contribution in [0.5, 0.6) is 0 Å². The van der Waals surface area contributed by atoms with E-state index in [4.69, 9.17) is 5.11 Å². The zero-order valence-corrected chi connectivity index (χ0v) is 11.2. The van der Waals surface area contributed by atoms with Crippen LogP contribution in [-0.4, -0.2) is 15.5 Å².